The van der Waals surface area contributed by atoms with E-state index in [-0.39, 0.29) is 25.0 Å². The van der Waals surface area contributed by atoms with Gasteiger partial charge in [-0.3, -0.25) is 13.9 Å². The van der Waals surface area contributed by atoms with Crippen LogP contribution in [0.15, 0.2) is 48.5 Å². The van der Waals surface area contributed by atoms with E-state index in [2.05, 4.69) is 5.32 Å². The van der Waals surface area contributed by atoms with Crippen LogP contribution in [-0.4, -0.2) is 50.0 Å². The van der Waals surface area contributed by atoms with Crippen molar-refractivity contribution in [3.63, 3.8) is 0 Å². The Kier molecular flexibility index (Phi) is 8.94. The Labute approximate surface area is 209 Å². The number of carbonyl (C=O) groups is 2. The van der Waals surface area contributed by atoms with Crippen molar-refractivity contribution in [2.24, 2.45) is 0 Å². The summed E-state index contributed by atoms with van der Waals surface area (Å²) in [6, 6.07) is 14.2. The fourth-order valence-electron chi connectivity index (χ4n) is 4.56. The Morgan fingerprint density at radius 2 is 1.69 bits per heavy atom. The van der Waals surface area contributed by atoms with Crippen molar-refractivity contribution in [3.8, 4) is 0 Å². The lowest BCUT2D eigenvalue weighted by atomic mass is 10.1. The van der Waals surface area contributed by atoms with Crippen LogP contribution in [0.2, 0.25) is 0 Å². The second-order valence-corrected chi connectivity index (χ2v) is 11.4. The van der Waals surface area contributed by atoms with E-state index in [1.807, 2.05) is 57.2 Å². The second kappa shape index (κ2) is 11.7. The van der Waals surface area contributed by atoms with E-state index in [0.29, 0.717) is 12.1 Å². The molecule has 1 aliphatic rings. The fraction of sp³-hybridized carbons (Fsp3) is 0.481. The minimum Gasteiger partial charge on any atom is -0.352 e. The number of carbonyl (C=O) groups excluding carboxylic acids is 2. The van der Waals surface area contributed by atoms with E-state index in [4.69, 9.17) is 0 Å². The Morgan fingerprint density at radius 1 is 1.03 bits per heavy atom. The first-order chi connectivity index (χ1) is 16.6. The van der Waals surface area contributed by atoms with Gasteiger partial charge < -0.3 is 10.2 Å². The number of hydrogen-bond donors (Lipinski definition) is 1. The van der Waals surface area contributed by atoms with Gasteiger partial charge in [-0.15, -0.1) is 0 Å². The third-order valence-corrected chi connectivity index (χ3v) is 7.88. The SMILES string of the molecule is CC[C@@H](C(=O)NC1CCCC1)N(Cc1ccccc1)C(=O)CN(c1ccc(C)c(C)c1)S(C)(=O)=O. The van der Waals surface area contributed by atoms with E-state index >= 15 is 0 Å². The molecule has 0 bridgehead atoms. The van der Waals surface area contributed by atoms with Crippen LogP contribution in [0.1, 0.15) is 55.7 Å². The minimum atomic E-state index is -3.74. The van der Waals surface area contributed by atoms with Crippen molar-refractivity contribution in [1.29, 1.82) is 0 Å². The van der Waals surface area contributed by atoms with Crippen LogP contribution in [0.5, 0.6) is 0 Å². The molecule has 0 aromatic heterocycles. The van der Waals surface area contributed by atoms with E-state index in [1.165, 1.54) is 4.90 Å². The van der Waals surface area contributed by atoms with Gasteiger partial charge in [0.2, 0.25) is 21.8 Å². The van der Waals surface area contributed by atoms with Gasteiger partial charge in [-0.2, -0.15) is 0 Å². The van der Waals surface area contributed by atoms with Gasteiger partial charge in [0, 0.05) is 12.6 Å². The molecule has 0 saturated heterocycles. The van der Waals surface area contributed by atoms with Crippen LogP contribution in [0.25, 0.3) is 0 Å². The Balaban J connectivity index is 1.91. The summed E-state index contributed by atoms with van der Waals surface area (Å²) in [7, 11) is -3.74. The second-order valence-electron chi connectivity index (χ2n) is 9.46. The molecular formula is C27H37N3O4S. The Morgan fingerprint density at radius 3 is 2.26 bits per heavy atom. The van der Waals surface area contributed by atoms with Crippen molar-refractivity contribution in [1.82, 2.24) is 10.2 Å². The molecule has 0 unspecified atom stereocenters. The number of sulfonamides is 1. The summed E-state index contributed by atoms with van der Waals surface area (Å²) in [5.41, 5.74) is 3.29. The topological polar surface area (TPSA) is 86.8 Å². The quantitative estimate of drug-likeness (QED) is 0.537. The van der Waals surface area contributed by atoms with Gasteiger partial charge in [-0.05, 0) is 61.9 Å². The summed E-state index contributed by atoms with van der Waals surface area (Å²) in [5, 5.41) is 3.12. The molecule has 190 valence electrons. The maximum Gasteiger partial charge on any atom is 0.244 e. The summed E-state index contributed by atoms with van der Waals surface area (Å²) in [4.78, 5) is 28.5. The van der Waals surface area contributed by atoms with E-state index in [0.717, 1.165) is 52.9 Å². The molecule has 1 N–H and O–H groups in total. The van der Waals surface area contributed by atoms with Crippen LogP contribution in [0, 0.1) is 13.8 Å². The summed E-state index contributed by atoms with van der Waals surface area (Å²) in [6.07, 6.45) is 5.61. The molecule has 1 atom stereocenters. The van der Waals surface area contributed by atoms with Crippen LogP contribution < -0.4 is 9.62 Å². The zero-order valence-corrected chi connectivity index (χ0v) is 22.0. The number of benzene rings is 2. The van der Waals surface area contributed by atoms with Gasteiger partial charge >= 0.3 is 0 Å². The Hall–Kier alpha value is -2.87. The molecule has 8 heteroatoms. The average molecular weight is 500 g/mol. The zero-order chi connectivity index (χ0) is 25.6. The fourth-order valence-corrected chi connectivity index (χ4v) is 5.40. The van der Waals surface area contributed by atoms with Gasteiger partial charge in [0.1, 0.15) is 12.6 Å². The summed E-state index contributed by atoms with van der Waals surface area (Å²) in [6.45, 7) is 5.58. The number of amides is 2. The first kappa shape index (κ1) is 26.7. The van der Waals surface area contributed by atoms with E-state index in [1.54, 1.807) is 12.1 Å². The predicted octanol–water partition coefficient (Wildman–Crippen LogP) is 3.94. The lowest BCUT2D eigenvalue weighted by Gasteiger charge is -2.33. The van der Waals surface area contributed by atoms with Gasteiger partial charge in [0.15, 0.2) is 0 Å². The molecule has 2 aromatic carbocycles. The molecule has 2 amide bonds. The third kappa shape index (κ3) is 7.07. The third-order valence-electron chi connectivity index (χ3n) is 6.74. The molecule has 1 fully saturated rings. The number of nitrogens with one attached hydrogen (secondary N) is 1. The molecule has 35 heavy (non-hydrogen) atoms. The molecule has 1 saturated carbocycles. The predicted molar refractivity (Wildman–Crippen MR) is 140 cm³/mol. The zero-order valence-electron chi connectivity index (χ0n) is 21.2. The molecule has 7 nitrogen and oxygen atoms in total. The summed E-state index contributed by atoms with van der Waals surface area (Å²) < 4.78 is 26.6. The van der Waals surface area contributed by atoms with Crippen LogP contribution in [0.3, 0.4) is 0 Å². The highest BCUT2D eigenvalue weighted by Crippen LogP contribution is 2.23. The number of aryl methyl sites for hydroxylation is 2. The van der Waals surface area contributed by atoms with Crippen LogP contribution in [0.4, 0.5) is 5.69 Å². The molecule has 1 aliphatic carbocycles. The van der Waals surface area contributed by atoms with Gasteiger partial charge in [0.05, 0.1) is 11.9 Å². The first-order valence-electron chi connectivity index (χ1n) is 12.3. The molecule has 2 aromatic rings. The van der Waals surface area contributed by atoms with Gasteiger partial charge in [0.25, 0.3) is 0 Å². The highest BCUT2D eigenvalue weighted by Gasteiger charge is 2.33. The minimum absolute atomic E-state index is 0.133. The highest BCUT2D eigenvalue weighted by atomic mass is 32.2. The largest absolute Gasteiger partial charge is 0.352 e. The molecule has 0 radical (unpaired) electrons. The average Bonchev–Trinajstić information content (AvgIpc) is 3.32. The molecular weight excluding hydrogens is 462 g/mol. The summed E-state index contributed by atoms with van der Waals surface area (Å²) >= 11 is 0. The number of nitrogens with zero attached hydrogens (tertiary/aromatic N) is 2. The van der Waals surface area contributed by atoms with Crippen molar-refractivity contribution in [2.75, 3.05) is 17.1 Å². The Bertz CT molecular complexity index is 1130. The highest BCUT2D eigenvalue weighted by molar-refractivity contribution is 7.92. The van der Waals surface area contributed by atoms with E-state index in [9.17, 15) is 18.0 Å². The maximum absolute atomic E-state index is 13.7. The van der Waals surface area contributed by atoms with Crippen LogP contribution >= 0.6 is 0 Å². The molecule has 0 spiro atoms. The van der Waals surface area contributed by atoms with Gasteiger partial charge in [-0.1, -0.05) is 56.2 Å². The van der Waals surface area contributed by atoms with Crippen molar-refractivity contribution in [2.45, 2.75) is 71.5 Å². The van der Waals surface area contributed by atoms with Crippen LogP contribution in [-0.2, 0) is 26.2 Å². The standard InChI is InChI=1S/C27H37N3O4S/c1-5-25(27(32)28-23-13-9-10-14-23)29(18-22-11-7-6-8-12-22)26(31)19-30(35(4,33)34)24-16-15-20(2)21(3)17-24/h6-8,11-12,15-17,23,25H,5,9-10,13-14,18-19H2,1-4H3,(H,28,32)/t25-/m0/s1. The molecule has 0 heterocycles. The number of anilines is 1. The number of rotatable bonds is 10. The summed E-state index contributed by atoms with van der Waals surface area (Å²) in [5.74, 6) is -0.591. The molecule has 0 aliphatic heterocycles. The van der Waals surface area contributed by atoms with Crippen molar-refractivity contribution in [3.05, 3.63) is 65.2 Å². The first-order valence-corrected chi connectivity index (χ1v) is 14.1. The lowest BCUT2D eigenvalue weighted by molar-refractivity contribution is -0.140. The lowest BCUT2D eigenvalue weighted by Crippen LogP contribution is -2.53. The smallest absolute Gasteiger partial charge is 0.244 e. The van der Waals surface area contributed by atoms with Crippen molar-refractivity contribution >= 4 is 27.5 Å². The van der Waals surface area contributed by atoms with Crippen molar-refractivity contribution < 1.29 is 18.0 Å². The monoisotopic (exact) mass is 499 g/mol. The van der Waals surface area contributed by atoms with Gasteiger partial charge in [-0.25, -0.2) is 8.42 Å². The number of hydrogen-bond acceptors (Lipinski definition) is 4. The normalized spacial score (nSPS) is 15.0. The maximum atomic E-state index is 13.7. The molecule has 3 rings (SSSR count). The van der Waals surface area contributed by atoms with E-state index < -0.39 is 22.0 Å².